The summed E-state index contributed by atoms with van der Waals surface area (Å²) in [5, 5.41) is 2.84. The van der Waals surface area contributed by atoms with Crippen molar-refractivity contribution in [2.45, 2.75) is 18.2 Å². The molecular weight excluding hydrogens is 480 g/mol. The van der Waals surface area contributed by atoms with Crippen LogP contribution in [-0.4, -0.2) is 28.0 Å². The molecule has 0 heterocycles. The largest absolute Gasteiger partial charge is 0.495 e. The molecule has 0 atom stereocenters. The highest BCUT2D eigenvalue weighted by Gasteiger charge is 2.30. The number of halogens is 1. The number of nitrogens with zero attached hydrogens (tertiary/aromatic N) is 1. The predicted octanol–water partition coefficient (Wildman–Crippen LogP) is 4.85. The van der Waals surface area contributed by atoms with Crippen LogP contribution in [0.15, 0.2) is 82.2 Å². The minimum absolute atomic E-state index is 0.0324. The Labute approximate surface area is 191 Å². The Bertz CT molecular complexity index is 1170. The topological polar surface area (TPSA) is 75.7 Å². The van der Waals surface area contributed by atoms with Gasteiger partial charge in [-0.2, -0.15) is 0 Å². The van der Waals surface area contributed by atoms with Gasteiger partial charge < -0.3 is 10.1 Å². The van der Waals surface area contributed by atoms with Crippen molar-refractivity contribution in [3.05, 3.63) is 82.8 Å². The van der Waals surface area contributed by atoms with Gasteiger partial charge in [0.15, 0.2) is 0 Å². The van der Waals surface area contributed by atoms with Gasteiger partial charge in [0, 0.05) is 10.2 Å². The van der Waals surface area contributed by atoms with Gasteiger partial charge in [-0.25, -0.2) is 8.42 Å². The van der Waals surface area contributed by atoms with Gasteiger partial charge in [-0.1, -0.05) is 59.3 Å². The van der Waals surface area contributed by atoms with E-state index in [1.54, 1.807) is 48.5 Å². The molecule has 0 aliphatic heterocycles. The maximum atomic E-state index is 13.6. The number of para-hydroxylation sites is 2. The highest BCUT2D eigenvalue weighted by molar-refractivity contribution is 9.10. The summed E-state index contributed by atoms with van der Waals surface area (Å²) < 4.78 is 34.2. The van der Waals surface area contributed by atoms with E-state index in [1.165, 1.54) is 13.2 Å². The van der Waals surface area contributed by atoms with Crippen LogP contribution < -0.4 is 14.4 Å². The van der Waals surface area contributed by atoms with Crippen LogP contribution in [0.5, 0.6) is 5.75 Å². The van der Waals surface area contributed by atoms with Crippen molar-refractivity contribution in [1.82, 2.24) is 0 Å². The lowest BCUT2D eigenvalue weighted by Gasteiger charge is -2.25. The molecule has 1 N–H and O–H groups in total. The Morgan fingerprint density at radius 2 is 1.71 bits per heavy atom. The van der Waals surface area contributed by atoms with E-state index < -0.39 is 15.9 Å². The molecule has 0 spiro atoms. The monoisotopic (exact) mass is 502 g/mol. The molecule has 6 nitrogen and oxygen atoms in total. The molecule has 1 amide bonds. The Morgan fingerprint density at radius 1 is 1.03 bits per heavy atom. The Hall–Kier alpha value is -2.84. The normalized spacial score (nSPS) is 11.1. The van der Waals surface area contributed by atoms with E-state index >= 15 is 0 Å². The number of methoxy groups -OCH3 is 1. The van der Waals surface area contributed by atoms with Crippen molar-refractivity contribution in [2.24, 2.45) is 0 Å². The lowest BCUT2D eigenvalue weighted by atomic mass is 10.1. The first-order chi connectivity index (χ1) is 14.9. The third kappa shape index (κ3) is 5.26. The molecule has 8 heteroatoms. The Morgan fingerprint density at radius 3 is 2.39 bits per heavy atom. The zero-order chi connectivity index (χ0) is 22.4. The van der Waals surface area contributed by atoms with E-state index in [0.29, 0.717) is 15.8 Å². The number of benzene rings is 3. The van der Waals surface area contributed by atoms with E-state index in [0.717, 1.165) is 16.3 Å². The van der Waals surface area contributed by atoms with E-state index in [-0.39, 0.29) is 17.2 Å². The second-order valence-corrected chi connectivity index (χ2v) is 9.45. The summed E-state index contributed by atoms with van der Waals surface area (Å²) in [5.41, 5.74) is 2.02. The predicted molar refractivity (Wildman–Crippen MR) is 126 cm³/mol. The van der Waals surface area contributed by atoms with Gasteiger partial charge >= 0.3 is 0 Å². The summed E-state index contributed by atoms with van der Waals surface area (Å²) in [7, 11) is -2.70. The molecule has 3 aromatic rings. The first kappa shape index (κ1) is 22.8. The average Bonchev–Trinajstić information content (AvgIpc) is 2.78. The maximum Gasteiger partial charge on any atom is 0.268 e. The van der Waals surface area contributed by atoms with E-state index in [9.17, 15) is 13.2 Å². The fourth-order valence-electron chi connectivity index (χ4n) is 3.15. The van der Waals surface area contributed by atoms with Crippen molar-refractivity contribution in [1.29, 1.82) is 0 Å². The number of carbonyl (C=O) groups excluding carboxylic acids is 1. The summed E-state index contributed by atoms with van der Waals surface area (Å²) >= 11 is 3.32. The van der Waals surface area contributed by atoms with Gasteiger partial charge in [-0.15, -0.1) is 0 Å². The van der Waals surface area contributed by atoms with Crippen molar-refractivity contribution in [2.75, 3.05) is 23.3 Å². The number of aryl methyl sites for hydroxylation is 1. The third-order valence-electron chi connectivity index (χ3n) is 4.70. The minimum atomic E-state index is -4.10. The molecule has 3 aromatic carbocycles. The van der Waals surface area contributed by atoms with E-state index in [4.69, 9.17) is 4.74 Å². The zero-order valence-corrected chi connectivity index (χ0v) is 19.6. The molecule has 0 fully saturated rings. The smallest absolute Gasteiger partial charge is 0.268 e. The fourth-order valence-corrected chi connectivity index (χ4v) is 5.27. The van der Waals surface area contributed by atoms with Crippen LogP contribution in [0, 0.1) is 0 Å². The van der Waals surface area contributed by atoms with Crippen LogP contribution in [0.2, 0.25) is 0 Å². The van der Waals surface area contributed by atoms with Gasteiger partial charge in [0.25, 0.3) is 10.0 Å². The van der Waals surface area contributed by atoms with Gasteiger partial charge in [0.2, 0.25) is 5.91 Å². The van der Waals surface area contributed by atoms with Crippen LogP contribution in [0.4, 0.5) is 11.4 Å². The van der Waals surface area contributed by atoms with Gasteiger partial charge in [-0.05, 0) is 48.4 Å². The maximum absolute atomic E-state index is 13.6. The van der Waals surface area contributed by atoms with Gasteiger partial charge in [-0.3, -0.25) is 9.10 Å². The average molecular weight is 503 g/mol. The van der Waals surface area contributed by atoms with Crippen LogP contribution >= 0.6 is 15.9 Å². The number of amides is 1. The SMILES string of the molecule is CCc1ccccc1NC(=O)CN(c1ccccc1)S(=O)(=O)c1cc(Br)ccc1OC. The molecule has 0 saturated carbocycles. The second kappa shape index (κ2) is 9.98. The molecule has 0 aromatic heterocycles. The fraction of sp³-hybridized carbons (Fsp3) is 0.174. The van der Waals surface area contributed by atoms with E-state index in [1.807, 2.05) is 25.1 Å². The molecule has 0 unspecified atom stereocenters. The number of sulfonamides is 1. The molecule has 0 radical (unpaired) electrons. The quantitative estimate of drug-likeness (QED) is 0.477. The van der Waals surface area contributed by atoms with Gasteiger partial charge in [0.1, 0.15) is 17.2 Å². The number of ether oxygens (including phenoxy) is 1. The number of hydrogen-bond donors (Lipinski definition) is 1. The van der Waals surface area contributed by atoms with Crippen molar-refractivity contribution < 1.29 is 17.9 Å². The van der Waals surface area contributed by atoms with Gasteiger partial charge in [0.05, 0.1) is 12.8 Å². The number of rotatable bonds is 8. The van der Waals surface area contributed by atoms with Crippen LogP contribution in [-0.2, 0) is 21.2 Å². The first-order valence-electron chi connectivity index (χ1n) is 9.66. The number of nitrogens with one attached hydrogen (secondary N) is 1. The van der Waals surface area contributed by atoms with Crippen LogP contribution in [0.1, 0.15) is 12.5 Å². The molecule has 0 aliphatic carbocycles. The molecule has 31 heavy (non-hydrogen) atoms. The molecule has 0 aliphatic rings. The highest BCUT2D eigenvalue weighted by Crippen LogP contribution is 2.32. The summed E-state index contributed by atoms with van der Waals surface area (Å²) in [6.07, 6.45) is 0.742. The Kier molecular flexibility index (Phi) is 7.35. The highest BCUT2D eigenvalue weighted by atomic mass is 79.9. The van der Waals surface area contributed by atoms with Crippen LogP contribution in [0.3, 0.4) is 0 Å². The van der Waals surface area contributed by atoms with Crippen molar-refractivity contribution >= 4 is 43.2 Å². The number of anilines is 2. The lowest BCUT2D eigenvalue weighted by Crippen LogP contribution is -2.38. The van der Waals surface area contributed by atoms with Crippen molar-refractivity contribution in [3.63, 3.8) is 0 Å². The molecule has 3 rings (SSSR count). The molecule has 0 bridgehead atoms. The summed E-state index contributed by atoms with van der Waals surface area (Å²) in [6, 6.07) is 20.7. The van der Waals surface area contributed by atoms with Crippen LogP contribution in [0.25, 0.3) is 0 Å². The summed E-state index contributed by atoms with van der Waals surface area (Å²) in [5.74, 6) is -0.247. The Balaban J connectivity index is 2.00. The molecule has 162 valence electrons. The van der Waals surface area contributed by atoms with Crippen molar-refractivity contribution in [3.8, 4) is 5.75 Å². The first-order valence-corrected chi connectivity index (χ1v) is 11.9. The molecular formula is C23H23BrN2O4S. The minimum Gasteiger partial charge on any atom is -0.495 e. The third-order valence-corrected chi connectivity index (χ3v) is 6.99. The molecule has 0 saturated heterocycles. The summed E-state index contributed by atoms with van der Waals surface area (Å²) in [4.78, 5) is 12.9. The number of hydrogen-bond acceptors (Lipinski definition) is 4. The number of carbonyl (C=O) groups is 1. The standard InChI is InChI=1S/C23H23BrN2O4S/c1-3-17-9-7-8-12-20(17)25-23(27)16-26(19-10-5-4-6-11-19)31(28,29)22-15-18(24)13-14-21(22)30-2/h4-15H,3,16H2,1-2H3,(H,25,27). The zero-order valence-electron chi connectivity index (χ0n) is 17.2. The summed E-state index contributed by atoms with van der Waals surface area (Å²) in [6.45, 7) is 1.60. The lowest BCUT2D eigenvalue weighted by molar-refractivity contribution is -0.114. The van der Waals surface area contributed by atoms with E-state index in [2.05, 4.69) is 21.2 Å². The second-order valence-electron chi connectivity index (χ2n) is 6.70.